The van der Waals surface area contributed by atoms with Crippen molar-refractivity contribution < 1.29 is 18.3 Å². The number of nitrogens with zero attached hydrogens (tertiary/aromatic N) is 2. The number of carbonyl (C=O) groups excluding carboxylic acids is 1. The van der Waals surface area contributed by atoms with Crippen LogP contribution in [0, 0.1) is 11.6 Å². The lowest BCUT2D eigenvalue weighted by molar-refractivity contribution is -0.104. The Balaban J connectivity index is 1.73. The van der Waals surface area contributed by atoms with Crippen LogP contribution in [-0.2, 0) is 9.53 Å². The second-order valence-electron chi connectivity index (χ2n) is 9.52. The van der Waals surface area contributed by atoms with Crippen molar-refractivity contribution >= 4 is 36.5 Å². The first-order valence-corrected chi connectivity index (χ1v) is 14.0. The van der Waals surface area contributed by atoms with Crippen LogP contribution in [0.15, 0.2) is 71.8 Å². The van der Waals surface area contributed by atoms with E-state index in [0.29, 0.717) is 11.8 Å². The molecule has 1 fully saturated rings. The third kappa shape index (κ3) is 7.71. The largest absolute Gasteiger partial charge is 0.396 e. The highest BCUT2D eigenvalue weighted by atomic mass is 32.2. The Morgan fingerprint density at radius 3 is 2.60 bits per heavy atom. The molecule has 1 aliphatic rings. The third-order valence-electron chi connectivity index (χ3n) is 6.68. The molecule has 3 N–H and O–H groups in total. The van der Waals surface area contributed by atoms with E-state index in [1.807, 2.05) is 36.3 Å². The maximum atomic E-state index is 14.3. The number of anilines is 1. The molecule has 6 nitrogen and oxygen atoms in total. The van der Waals surface area contributed by atoms with Gasteiger partial charge in [-0.25, -0.2) is 8.78 Å². The molecule has 1 atom stereocenters. The monoisotopic (exact) mass is 564 g/mol. The SMILES string of the molecule is C=c1cc(-c2ccc(F)cc2)c(N(C)C(S/C=C(\N)C=O)c2cccc(F)c2)c/c1=C/NCCN1CCOCC1. The van der Waals surface area contributed by atoms with Gasteiger partial charge >= 0.3 is 0 Å². The minimum atomic E-state index is -0.425. The molecule has 0 aliphatic carbocycles. The van der Waals surface area contributed by atoms with Crippen LogP contribution in [0.1, 0.15) is 10.9 Å². The van der Waals surface area contributed by atoms with Crippen molar-refractivity contribution in [2.45, 2.75) is 5.37 Å². The van der Waals surface area contributed by atoms with E-state index in [9.17, 15) is 13.6 Å². The molecular weight excluding hydrogens is 530 g/mol. The molecule has 1 saturated heterocycles. The zero-order valence-corrected chi connectivity index (χ0v) is 23.3. The molecule has 0 saturated carbocycles. The van der Waals surface area contributed by atoms with Crippen LogP contribution in [0.3, 0.4) is 0 Å². The lowest BCUT2D eigenvalue weighted by Gasteiger charge is -2.31. The summed E-state index contributed by atoms with van der Waals surface area (Å²) in [6.45, 7) is 9.29. The highest BCUT2D eigenvalue weighted by Gasteiger charge is 2.21. The minimum Gasteiger partial charge on any atom is -0.396 e. The second kappa shape index (κ2) is 14.1. The molecule has 4 rings (SSSR count). The Kier molecular flexibility index (Phi) is 10.3. The molecule has 0 spiro atoms. The summed E-state index contributed by atoms with van der Waals surface area (Å²) in [6.07, 6.45) is 2.52. The van der Waals surface area contributed by atoms with Crippen molar-refractivity contribution in [2.75, 3.05) is 51.3 Å². The fourth-order valence-electron chi connectivity index (χ4n) is 4.52. The number of halogens is 2. The Bertz CT molecular complexity index is 1440. The van der Waals surface area contributed by atoms with Crippen molar-refractivity contribution in [3.8, 4) is 11.1 Å². The van der Waals surface area contributed by atoms with Gasteiger partial charge in [-0.1, -0.05) is 30.8 Å². The zero-order chi connectivity index (χ0) is 28.5. The third-order valence-corrected chi connectivity index (χ3v) is 7.94. The van der Waals surface area contributed by atoms with Gasteiger partial charge in [0.2, 0.25) is 0 Å². The van der Waals surface area contributed by atoms with Gasteiger partial charge in [0.15, 0.2) is 6.29 Å². The van der Waals surface area contributed by atoms with Crippen molar-refractivity contribution in [3.63, 3.8) is 0 Å². The van der Waals surface area contributed by atoms with Gasteiger partial charge in [-0.05, 0) is 63.4 Å². The van der Waals surface area contributed by atoms with Crippen LogP contribution in [-0.4, -0.2) is 57.6 Å². The molecule has 0 amide bonds. The predicted molar refractivity (Wildman–Crippen MR) is 160 cm³/mol. The Labute approximate surface area is 237 Å². The molecule has 0 bridgehead atoms. The first kappa shape index (κ1) is 29.3. The summed E-state index contributed by atoms with van der Waals surface area (Å²) in [4.78, 5) is 15.5. The lowest BCUT2D eigenvalue weighted by atomic mass is 10.0. The first-order chi connectivity index (χ1) is 19.4. The van der Waals surface area contributed by atoms with E-state index in [1.165, 1.54) is 36.0 Å². The van der Waals surface area contributed by atoms with E-state index >= 15 is 0 Å². The van der Waals surface area contributed by atoms with Crippen LogP contribution in [0.2, 0.25) is 0 Å². The fourth-order valence-corrected chi connectivity index (χ4v) is 5.46. The summed E-state index contributed by atoms with van der Waals surface area (Å²) < 4.78 is 33.5. The van der Waals surface area contributed by atoms with E-state index in [4.69, 9.17) is 10.5 Å². The van der Waals surface area contributed by atoms with Crippen LogP contribution in [0.5, 0.6) is 0 Å². The summed E-state index contributed by atoms with van der Waals surface area (Å²) in [5.74, 6) is -0.695. The molecule has 40 heavy (non-hydrogen) atoms. The van der Waals surface area contributed by atoms with Crippen LogP contribution in [0.4, 0.5) is 14.5 Å². The average Bonchev–Trinajstić information content (AvgIpc) is 2.96. The molecule has 210 valence electrons. The van der Waals surface area contributed by atoms with Gasteiger partial charge in [0.25, 0.3) is 0 Å². The number of aldehydes is 1. The van der Waals surface area contributed by atoms with E-state index < -0.39 is 5.37 Å². The number of thioether (sulfide) groups is 1. The minimum absolute atomic E-state index is 0.0742. The van der Waals surface area contributed by atoms with E-state index in [2.05, 4.69) is 16.8 Å². The molecular formula is C31H34F2N4O2S. The van der Waals surface area contributed by atoms with Gasteiger partial charge in [-0.2, -0.15) is 0 Å². The van der Waals surface area contributed by atoms with Gasteiger partial charge in [-0.3, -0.25) is 9.69 Å². The maximum absolute atomic E-state index is 14.3. The highest BCUT2D eigenvalue weighted by molar-refractivity contribution is 8.02. The summed E-state index contributed by atoms with van der Waals surface area (Å²) in [5, 5.41) is 6.23. The van der Waals surface area contributed by atoms with Crippen LogP contribution >= 0.6 is 11.8 Å². The quantitative estimate of drug-likeness (QED) is 0.160. The van der Waals surface area contributed by atoms with Crippen molar-refractivity contribution in [1.82, 2.24) is 10.2 Å². The van der Waals surface area contributed by atoms with E-state index in [-0.39, 0.29) is 17.3 Å². The molecule has 9 heteroatoms. The van der Waals surface area contributed by atoms with Gasteiger partial charge in [-0.15, -0.1) is 11.8 Å². The molecule has 0 aromatic heterocycles. The molecule has 3 aromatic carbocycles. The second-order valence-corrected chi connectivity index (χ2v) is 10.5. The molecule has 0 radical (unpaired) electrons. The number of ether oxygens (including phenoxy) is 1. The average molecular weight is 565 g/mol. The number of nitrogens with one attached hydrogen (secondary N) is 1. The number of allylic oxidation sites excluding steroid dienone is 1. The number of morpholine rings is 1. The standard InChI is InChI=1S/C31H34F2N4O2S/c1-22-16-29(23-6-8-26(32)9-7-23)30(18-25(22)19-35-10-11-37-12-14-39-15-13-37)36(2)31(40-21-28(34)20-38)24-4-3-5-27(33)17-24/h3-9,16-21,31,35H,1,10-15,34H2,2H3/b25-19-,28-21-. The summed E-state index contributed by atoms with van der Waals surface area (Å²) >= 11 is 1.30. The van der Waals surface area contributed by atoms with E-state index in [1.54, 1.807) is 23.6 Å². The van der Waals surface area contributed by atoms with Gasteiger partial charge in [0.05, 0.1) is 18.9 Å². The number of hydrogen-bond donors (Lipinski definition) is 2. The Morgan fingerprint density at radius 2 is 1.90 bits per heavy atom. The van der Waals surface area contributed by atoms with Gasteiger partial charge in [0, 0.05) is 50.7 Å². The predicted octanol–water partition coefficient (Wildman–Crippen LogP) is 3.57. The summed E-state index contributed by atoms with van der Waals surface area (Å²) in [6, 6.07) is 16.6. The van der Waals surface area contributed by atoms with Gasteiger partial charge in [0.1, 0.15) is 17.0 Å². The number of carbonyl (C=O) groups is 1. The number of benzene rings is 3. The fraction of sp³-hybridized carbons (Fsp3) is 0.258. The highest BCUT2D eigenvalue weighted by Crippen LogP contribution is 2.39. The number of nitrogens with two attached hydrogens (primary N) is 1. The Hall–Kier alpha value is -3.66. The number of hydrogen-bond acceptors (Lipinski definition) is 7. The summed E-state index contributed by atoms with van der Waals surface area (Å²) in [7, 11) is 1.90. The van der Waals surface area contributed by atoms with Crippen LogP contribution < -0.4 is 26.4 Å². The zero-order valence-electron chi connectivity index (χ0n) is 22.5. The van der Waals surface area contributed by atoms with Crippen molar-refractivity contribution in [1.29, 1.82) is 0 Å². The van der Waals surface area contributed by atoms with Crippen LogP contribution in [0.25, 0.3) is 23.9 Å². The smallest absolute Gasteiger partial charge is 0.166 e. The maximum Gasteiger partial charge on any atom is 0.166 e. The molecule has 3 aromatic rings. The normalized spacial score (nSPS) is 15.6. The van der Waals surface area contributed by atoms with Crippen molar-refractivity contribution in [2.24, 2.45) is 5.73 Å². The first-order valence-electron chi connectivity index (χ1n) is 13.0. The molecule has 1 heterocycles. The number of rotatable bonds is 11. The lowest BCUT2D eigenvalue weighted by Crippen LogP contribution is -2.40. The molecule has 1 aliphatic heterocycles. The van der Waals surface area contributed by atoms with Crippen molar-refractivity contribution in [3.05, 3.63) is 99.4 Å². The summed E-state index contributed by atoms with van der Waals surface area (Å²) in [5.41, 5.74) is 9.02. The van der Waals surface area contributed by atoms with Gasteiger partial charge < -0.3 is 20.7 Å². The molecule has 1 unspecified atom stereocenters. The Morgan fingerprint density at radius 1 is 1.15 bits per heavy atom. The van der Waals surface area contributed by atoms with E-state index in [0.717, 1.165) is 66.6 Å². The topological polar surface area (TPSA) is 70.8 Å².